The standard InChI is InChI=1S/C19H38O2P/c1-6-11-14-22(15-12-7-2,16-13-8-3)17-18(9-4)19(20)21-10-5/h9H,6-8,10-17H2,1-5H3/q+1/b18-9-. The summed E-state index contributed by atoms with van der Waals surface area (Å²) in [5, 5.41) is 0. The molecule has 0 radical (unpaired) electrons. The Morgan fingerprint density at radius 2 is 1.36 bits per heavy atom. The van der Waals surface area contributed by atoms with Gasteiger partial charge in [0.25, 0.3) is 0 Å². The van der Waals surface area contributed by atoms with E-state index in [-0.39, 0.29) is 5.97 Å². The van der Waals surface area contributed by atoms with Gasteiger partial charge in [-0.05, 0) is 33.1 Å². The zero-order chi connectivity index (χ0) is 16.8. The first-order valence-corrected chi connectivity index (χ1v) is 11.8. The Morgan fingerprint density at radius 3 is 1.68 bits per heavy atom. The molecule has 0 aliphatic carbocycles. The van der Waals surface area contributed by atoms with Crippen LogP contribution in [-0.4, -0.2) is 37.2 Å². The monoisotopic (exact) mass is 329 g/mol. The van der Waals surface area contributed by atoms with E-state index in [1.54, 1.807) is 0 Å². The van der Waals surface area contributed by atoms with Crippen LogP contribution >= 0.6 is 7.26 Å². The summed E-state index contributed by atoms with van der Waals surface area (Å²) in [6.07, 6.45) is 14.7. The third-order valence-corrected chi connectivity index (χ3v) is 9.16. The van der Waals surface area contributed by atoms with E-state index < -0.39 is 7.26 Å². The first-order valence-electron chi connectivity index (χ1n) is 9.26. The number of hydrogen-bond donors (Lipinski definition) is 0. The number of allylic oxidation sites excluding steroid dienone is 1. The minimum atomic E-state index is -1.07. The molecule has 0 N–H and O–H groups in total. The second-order valence-corrected chi connectivity index (χ2v) is 10.6. The molecular formula is C19H38O2P+. The molecule has 0 rings (SSSR count). The first kappa shape index (κ1) is 21.6. The smallest absolute Gasteiger partial charge is 0.337 e. The van der Waals surface area contributed by atoms with Gasteiger partial charge in [0.15, 0.2) is 0 Å². The fourth-order valence-electron chi connectivity index (χ4n) is 2.91. The molecule has 22 heavy (non-hydrogen) atoms. The van der Waals surface area contributed by atoms with Gasteiger partial charge in [-0.2, -0.15) is 0 Å². The highest BCUT2D eigenvalue weighted by Crippen LogP contribution is 2.61. The van der Waals surface area contributed by atoms with Crippen molar-refractivity contribution in [2.24, 2.45) is 0 Å². The molecule has 0 heterocycles. The molecule has 0 saturated carbocycles. The Morgan fingerprint density at radius 1 is 0.909 bits per heavy atom. The summed E-state index contributed by atoms with van der Waals surface area (Å²) in [5.74, 6) is -0.0844. The second-order valence-electron chi connectivity index (χ2n) is 6.27. The van der Waals surface area contributed by atoms with Gasteiger partial charge in [-0.15, -0.1) is 0 Å². The van der Waals surface area contributed by atoms with Crippen molar-refractivity contribution in [3.8, 4) is 0 Å². The molecule has 130 valence electrons. The first-order chi connectivity index (χ1) is 10.6. The Balaban J connectivity index is 5.15. The average molecular weight is 329 g/mol. The Kier molecular flexibility index (Phi) is 12.9. The molecule has 2 nitrogen and oxygen atoms in total. The van der Waals surface area contributed by atoms with Crippen LogP contribution in [0.3, 0.4) is 0 Å². The van der Waals surface area contributed by atoms with Gasteiger partial charge in [0.1, 0.15) is 0 Å². The highest BCUT2D eigenvalue weighted by Gasteiger charge is 2.37. The summed E-state index contributed by atoms with van der Waals surface area (Å²) >= 11 is 0. The SMILES string of the molecule is C/C=C(/C[P+](CCCC)(CCCC)CCCC)C(=O)OCC. The van der Waals surface area contributed by atoms with Crippen molar-refractivity contribution in [1.82, 2.24) is 0 Å². The molecule has 0 amide bonds. The zero-order valence-electron chi connectivity index (χ0n) is 15.6. The van der Waals surface area contributed by atoms with Crippen LogP contribution in [0.25, 0.3) is 0 Å². The molecule has 0 unspecified atom stereocenters. The van der Waals surface area contributed by atoms with Crippen LogP contribution in [0.1, 0.15) is 73.1 Å². The number of carbonyl (C=O) groups is 1. The van der Waals surface area contributed by atoms with Crippen molar-refractivity contribution in [2.45, 2.75) is 73.1 Å². The van der Waals surface area contributed by atoms with Crippen LogP contribution in [0.4, 0.5) is 0 Å². The van der Waals surface area contributed by atoms with Crippen LogP contribution in [0.15, 0.2) is 11.6 Å². The predicted octanol–water partition coefficient (Wildman–Crippen LogP) is 5.91. The summed E-state index contributed by atoms with van der Waals surface area (Å²) in [4.78, 5) is 12.2. The van der Waals surface area contributed by atoms with Crippen LogP contribution in [0.5, 0.6) is 0 Å². The summed E-state index contributed by atoms with van der Waals surface area (Å²) in [5.41, 5.74) is 0.929. The van der Waals surface area contributed by atoms with Crippen molar-refractivity contribution in [2.75, 3.05) is 31.3 Å². The number of hydrogen-bond acceptors (Lipinski definition) is 2. The maximum Gasteiger partial charge on any atom is 0.337 e. The lowest BCUT2D eigenvalue weighted by Gasteiger charge is -2.28. The van der Waals surface area contributed by atoms with Crippen molar-refractivity contribution in [3.05, 3.63) is 11.6 Å². The van der Waals surface area contributed by atoms with Gasteiger partial charge in [0, 0.05) is 7.26 Å². The van der Waals surface area contributed by atoms with E-state index in [2.05, 4.69) is 20.8 Å². The van der Waals surface area contributed by atoms with E-state index in [0.29, 0.717) is 6.61 Å². The van der Waals surface area contributed by atoms with Gasteiger partial charge in [0.05, 0.1) is 36.8 Å². The lowest BCUT2D eigenvalue weighted by atomic mass is 10.3. The number of ether oxygens (including phenoxy) is 1. The Labute approximate surface area is 139 Å². The lowest BCUT2D eigenvalue weighted by molar-refractivity contribution is -0.138. The van der Waals surface area contributed by atoms with E-state index in [9.17, 15) is 4.79 Å². The number of carbonyl (C=O) groups excluding carboxylic acids is 1. The van der Waals surface area contributed by atoms with Crippen molar-refractivity contribution in [3.63, 3.8) is 0 Å². The van der Waals surface area contributed by atoms with E-state index in [1.165, 1.54) is 57.0 Å². The van der Waals surface area contributed by atoms with Gasteiger partial charge in [0.2, 0.25) is 0 Å². The minimum Gasteiger partial charge on any atom is -0.463 e. The van der Waals surface area contributed by atoms with Gasteiger partial charge in [-0.1, -0.05) is 46.1 Å². The van der Waals surface area contributed by atoms with E-state index in [1.807, 2.05) is 19.9 Å². The number of rotatable bonds is 13. The van der Waals surface area contributed by atoms with Crippen LogP contribution < -0.4 is 0 Å². The van der Waals surface area contributed by atoms with Crippen molar-refractivity contribution < 1.29 is 9.53 Å². The zero-order valence-corrected chi connectivity index (χ0v) is 16.5. The molecule has 0 atom stereocenters. The maximum absolute atomic E-state index is 12.2. The summed E-state index contributed by atoms with van der Waals surface area (Å²) in [7, 11) is -1.07. The molecule has 0 aromatic carbocycles. The fourth-order valence-corrected chi connectivity index (χ4v) is 8.05. The summed E-state index contributed by atoms with van der Waals surface area (Å²) < 4.78 is 5.26. The molecule has 3 heteroatoms. The fraction of sp³-hybridized carbons (Fsp3) is 0.842. The van der Waals surface area contributed by atoms with E-state index in [4.69, 9.17) is 4.74 Å². The molecule has 0 spiro atoms. The Hall–Kier alpha value is -0.360. The van der Waals surface area contributed by atoms with E-state index >= 15 is 0 Å². The predicted molar refractivity (Wildman–Crippen MR) is 102 cm³/mol. The maximum atomic E-state index is 12.2. The third-order valence-electron chi connectivity index (χ3n) is 4.35. The third kappa shape index (κ3) is 8.32. The molecule has 0 saturated heterocycles. The van der Waals surface area contributed by atoms with Crippen molar-refractivity contribution >= 4 is 13.2 Å². The molecule has 0 aromatic heterocycles. The van der Waals surface area contributed by atoms with Crippen LogP contribution in [0, 0.1) is 0 Å². The van der Waals surface area contributed by atoms with E-state index in [0.717, 1.165) is 11.7 Å². The van der Waals surface area contributed by atoms with Gasteiger partial charge in [-0.3, -0.25) is 0 Å². The number of esters is 1. The topological polar surface area (TPSA) is 26.3 Å². The van der Waals surface area contributed by atoms with Gasteiger partial charge >= 0.3 is 5.97 Å². The summed E-state index contributed by atoms with van der Waals surface area (Å²) in [6, 6.07) is 0. The Bertz CT molecular complexity index is 302. The highest BCUT2D eigenvalue weighted by atomic mass is 31.2. The summed E-state index contributed by atoms with van der Waals surface area (Å²) in [6.45, 7) is 11.2. The second kappa shape index (κ2) is 13.1. The highest BCUT2D eigenvalue weighted by molar-refractivity contribution is 7.76. The molecule has 0 aliphatic heterocycles. The van der Waals surface area contributed by atoms with Crippen molar-refractivity contribution in [1.29, 1.82) is 0 Å². The molecule has 0 aliphatic rings. The minimum absolute atomic E-state index is 0.0844. The van der Waals surface area contributed by atoms with Crippen LogP contribution in [0.2, 0.25) is 0 Å². The molecule has 0 bridgehead atoms. The lowest BCUT2D eigenvalue weighted by Crippen LogP contribution is -2.19. The van der Waals surface area contributed by atoms with Crippen LogP contribution in [-0.2, 0) is 9.53 Å². The normalized spacial score (nSPS) is 12.5. The molecule has 0 aromatic rings. The molecular weight excluding hydrogens is 291 g/mol. The largest absolute Gasteiger partial charge is 0.463 e. The van der Waals surface area contributed by atoms with Gasteiger partial charge < -0.3 is 4.74 Å². The average Bonchev–Trinajstić information content (AvgIpc) is 2.53. The quantitative estimate of drug-likeness (QED) is 0.238. The molecule has 0 fully saturated rings. The number of unbranched alkanes of at least 4 members (excludes halogenated alkanes) is 3. The van der Waals surface area contributed by atoms with Gasteiger partial charge in [-0.25, -0.2) is 4.79 Å².